The van der Waals surface area contributed by atoms with Gasteiger partial charge >= 0.3 is 0 Å². The molecule has 0 N–H and O–H groups in total. The van der Waals surface area contributed by atoms with Gasteiger partial charge in [-0.3, -0.25) is 0 Å². The number of hydrogen-bond donors (Lipinski definition) is 0. The maximum atomic E-state index is 6.47. The summed E-state index contributed by atoms with van der Waals surface area (Å²) in [6.45, 7) is 2.07. The average molecular weight is 286 g/mol. The first kappa shape index (κ1) is 11.6. The molecule has 6 rings (SSSR count). The molecule has 21 heavy (non-hydrogen) atoms. The zero-order valence-electron chi connectivity index (χ0n) is 11.9. The summed E-state index contributed by atoms with van der Waals surface area (Å²) in [5.74, 6) is 0.702. The Morgan fingerprint density at radius 1 is 1.05 bits per heavy atom. The molecule has 1 aromatic rings. The van der Waals surface area contributed by atoms with Crippen LogP contribution in [0.3, 0.4) is 0 Å². The summed E-state index contributed by atoms with van der Waals surface area (Å²) in [6, 6.07) is 10.5. The van der Waals surface area contributed by atoms with Gasteiger partial charge in [-0.1, -0.05) is 30.3 Å². The fourth-order valence-electron chi connectivity index (χ4n) is 5.77. The van der Waals surface area contributed by atoms with E-state index in [1.165, 1.54) is 12.0 Å². The molecule has 1 saturated carbocycles. The van der Waals surface area contributed by atoms with E-state index >= 15 is 0 Å². The number of benzene rings is 1. The zero-order valence-corrected chi connectivity index (χ0v) is 11.9. The van der Waals surface area contributed by atoms with E-state index in [0.717, 1.165) is 6.42 Å². The Labute approximate surface area is 123 Å². The molecule has 4 heterocycles. The molecule has 4 aliphatic heterocycles. The summed E-state index contributed by atoms with van der Waals surface area (Å²) in [5, 5.41) is 0. The van der Waals surface area contributed by atoms with Crippen molar-refractivity contribution in [3.05, 3.63) is 35.9 Å². The summed E-state index contributed by atoms with van der Waals surface area (Å²) >= 11 is 0. The van der Waals surface area contributed by atoms with E-state index in [4.69, 9.17) is 18.9 Å². The molecule has 0 spiro atoms. The van der Waals surface area contributed by atoms with Gasteiger partial charge in [0, 0.05) is 30.1 Å². The lowest BCUT2D eigenvalue weighted by molar-refractivity contribution is -0.406. The number of ether oxygens (including phenoxy) is 4. The third-order valence-corrected chi connectivity index (χ3v) is 6.27. The van der Waals surface area contributed by atoms with Crippen LogP contribution in [-0.4, -0.2) is 24.2 Å². The largest absolute Gasteiger partial charge is 0.323 e. The standard InChI is InChI=1S/C17H18O4/c1-16-12-10-7-11-13(12)17(21-16,8-9-5-3-2-4-6-9)20-15(11)18-14(10)19-16/h2-6,10-15H,7-8H2,1H3/t10-,11+,12-,13+,14+,15+,16+,17-/m1/s1. The van der Waals surface area contributed by atoms with Gasteiger partial charge in [0.2, 0.25) is 0 Å². The van der Waals surface area contributed by atoms with Gasteiger partial charge in [0.1, 0.15) is 0 Å². The van der Waals surface area contributed by atoms with Gasteiger partial charge in [0.25, 0.3) is 0 Å². The Bertz CT molecular complexity index is 618. The van der Waals surface area contributed by atoms with Gasteiger partial charge in [-0.2, -0.15) is 0 Å². The second-order valence-corrected chi connectivity index (χ2v) is 7.32. The van der Waals surface area contributed by atoms with Crippen molar-refractivity contribution in [2.75, 3.05) is 0 Å². The van der Waals surface area contributed by atoms with E-state index in [-0.39, 0.29) is 12.6 Å². The lowest BCUT2D eigenvalue weighted by atomic mass is 9.81. The molecule has 5 aliphatic rings. The first-order valence-electron chi connectivity index (χ1n) is 7.94. The quantitative estimate of drug-likeness (QED) is 0.836. The molecule has 4 nitrogen and oxygen atoms in total. The van der Waals surface area contributed by atoms with Crippen LogP contribution in [0.25, 0.3) is 0 Å². The van der Waals surface area contributed by atoms with E-state index in [1.807, 2.05) is 6.07 Å². The van der Waals surface area contributed by atoms with Crippen LogP contribution in [0.2, 0.25) is 0 Å². The molecule has 0 aromatic heterocycles. The first-order chi connectivity index (χ1) is 10.2. The van der Waals surface area contributed by atoms with Gasteiger partial charge in [0.15, 0.2) is 24.2 Å². The van der Waals surface area contributed by atoms with E-state index in [0.29, 0.717) is 23.7 Å². The topological polar surface area (TPSA) is 36.9 Å². The van der Waals surface area contributed by atoms with E-state index in [2.05, 4.69) is 31.2 Å². The van der Waals surface area contributed by atoms with Crippen LogP contribution >= 0.6 is 0 Å². The van der Waals surface area contributed by atoms with Gasteiger partial charge in [-0.05, 0) is 18.9 Å². The minimum atomic E-state index is -0.559. The fourth-order valence-corrected chi connectivity index (χ4v) is 5.77. The lowest BCUT2D eigenvalue weighted by Crippen LogP contribution is -2.45. The normalized spacial score (nSPS) is 58.3. The summed E-state index contributed by atoms with van der Waals surface area (Å²) < 4.78 is 25.0. The van der Waals surface area contributed by atoms with Crippen molar-refractivity contribution in [3.63, 3.8) is 0 Å². The van der Waals surface area contributed by atoms with Crippen molar-refractivity contribution >= 4 is 0 Å². The van der Waals surface area contributed by atoms with Crippen LogP contribution in [0.5, 0.6) is 0 Å². The molecule has 1 aromatic carbocycles. The lowest BCUT2D eigenvalue weighted by Gasteiger charge is -2.37. The third-order valence-electron chi connectivity index (χ3n) is 6.27. The zero-order chi connectivity index (χ0) is 13.8. The van der Waals surface area contributed by atoms with E-state index in [9.17, 15) is 0 Å². The Balaban J connectivity index is 1.48. The van der Waals surface area contributed by atoms with Crippen LogP contribution in [0.4, 0.5) is 0 Å². The van der Waals surface area contributed by atoms with Crippen LogP contribution in [0.15, 0.2) is 30.3 Å². The summed E-state index contributed by atoms with van der Waals surface area (Å²) in [7, 11) is 0. The van der Waals surface area contributed by atoms with Gasteiger partial charge in [-0.15, -0.1) is 0 Å². The molecule has 0 radical (unpaired) electrons. The molecule has 8 atom stereocenters. The summed E-state index contributed by atoms with van der Waals surface area (Å²) in [6.07, 6.45) is 1.68. The Morgan fingerprint density at radius 3 is 2.67 bits per heavy atom. The van der Waals surface area contributed by atoms with Crippen LogP contribution in [0.1, 0.15) is 18.9 Å². The monoisotopic (exact) mass is 286 g/mol. The van der Waals surface area contributed by atoms with Crippen molar-refractivity contribution in [2.24, 2.45) is 23.7 Å². The average Bonchev–Trinajstić information content (AvgIpc) is 3.08. The molecule has 1 aliphatic carbocycles. The minimum absolute atomic E-state index is 0.124. The number of hydrogen-bond acceptors (Lipinski definition) is 4. The van der Waals surface area contributed by atoms with Crippen molar-refractivity contribution in [2.45, 2.75) is 43.9 Å². The van der Waals surface area contributed by atoms with Gasteiger partial charge < -0.3 is 18.9 Å². The molecule has 110 valence electrons. The van der Waals surface area contributed by atoms with Crippen molar-refractivity contribution in [1.29, 1.82) is 0 Å². The fraction of sp³-hybridized carbons (Fsp3) is 0.647. The molecular formula is C17H18O4. The highest BCUT2D eigenvalue weighted by Gasteiger charge is 2.81. The highest BCUT2D eigenvalue weighted by molar-refractivity contribution is 5.23. The smallest absolute Gasteiger partial charge is 0.182 e. The second-order valence-electron chi connectivity index (χ2n) is 7.32. The van der Waals surface area contributed by atoms with Crippen molar-refractivity contribution in [1.82, 2.24) is 0 Å². The predicted molar refractivity (Wildman–Crippen MR) is 71.8 cm³/mol. The molecule has 0 amide bonds. The van der Waals surface area contributed by atoms with Gasteiger partial charge in [0.05, 0.1) is 0 Å². The maximum Gasteiger partial charge on any atom is 0.182 e. The van der Waals surface area contributed by atoms with Crippen LogP contribution in [-0.2, 0) is 25.4 Å². The van der Waals surface area contributed by atoms with E-state index < -0.39 is 11.6 Å². The molecule has 4 heteroatoms. The van der Waals surface area contributed by atoms with E-state index in [1.54, 1.807) is 0 Å². The Hall–Kier alpha value is -0.940. The van der Waals surface area contributed by atoms with Crippen molar-refractivity contribution < 1.29 is 18.9 Å². The first-order valence-corrected chi connectivity index (χ1v) is 7.94. The Morgan fingerprint density at radius 2 is 1.81 bits per heavy atom. The third kappa shape index (κ3) is 1.20. The maximum absolute atomic E-state index is 6.47. The SMILES string of the molecule is C[C@]12O[C@@H]3O[C@H]4O[C@](Cc5ccccc5)(O1)[C@H]1[C@@H]4C[C@@H]3[C@H]12. The molecule has 5 fully saturated rings. The molecular weight excluding hydrogens is 268 g/mol. The van der Waals surface area contributed by atoms with Crippen molar-refractivity contribution in [3.8, 4) is 0 Å². The number of rotatable bonds is 2. The molecule has 0 unspecified atom stereocenters. The molecule has 2 bridgehead atoms. The summed E-state index contributed by atoms with van der Waals surface area (Å²) in [4.78, 5) is 0. The van der Waals surface area contributed by atoms with Gasteiger partial charge in [-0.25, -0.2) is 0 Å². The minimum Gasteiger partial charge on any atom is -0.323 e. The highest BCUT2D eigenvalue weighted by Crippen LogP contribution is 2.72. The summed E-state index contributed by atoms with van der Waals surface area (Å²) in [5.41, 5.74) is 1.25. The molecule has 4 saturated heterocycles. The predicted octanol–water partition coefficient (Wildman–Crippen LogP) is 2.28. The van der Waals surface area contributed by atoms with Crippen LogP contribution < -0.4 is 0 Å². The van der Waals surface area contributed by atoms with Crippen LogP contribution in [0, 0.1) is 23.7 Å². The Kier molecular flexibility index (Phi) is 1.85. The highest BCUT2D eigenvalue weighted by atomic mass is 16.9. The second kappa shape index (κ2) is 3.35.